The first-order valence-electron chi connectivity index (χ1n) is 9.39. The highest BCUT2D eigenvalue weighted by atomic mass is 32.2. The van der Waals surface area contributed by atoms with Gasteiger partial charge in [0.25, 0.3) is 5.69 Å². The zero-order chi connectivity index (χ0) is 20.4. The molecule has 1 aromatic rings. The molecule has 1 aliphatic rings. The smallest absolute Gasteiger partial charge is 0.269 e. The van der Waals surface area contributed by atoms with E-state index in [0.29, 0.717) is 5.92 Å². The molecule has 0 radical (unpaired) electrons. The lowest BCUT2D eigenvalue weighted by molar-refractivity contribution is -0.384. The molecule has 2 rings (SSSR count). The second-order valence-corrected chi connectivity index (χ2v) is 9.47. The van der Waals surface area contributed by atoms with Crippen LogP contribution in [0.4, 0.5) is 11.4 Å². The van der Waals surface area contributed by atoms with E-state index in [1.54, 1.807) is 23.9 Å². The van der Waals surface area contributed by atoms with E-state index in [1.807, 2.05) is 6.92 Å². The summed E-state index contributed by atoms with van der Waals surface area (Å²) < 4.78 is 6.21. The molecule has 1 fully saturated rings. The number of nitrogens with zero attached hydrogens (tertiary/aromatic N) is 3. The third-order valence-electron chi connectivity index (χ3n) is 4.28. The lowest BCUT2D eigenvalue weighted by Gasteiger charge is -2.35. The number of benzene rings is 1. The largest absolute Gasteiger partial charge is 0.371 e. The lowest BCUT2D eigenvalue weighted by Crippen LogP contribution is -2.46. The third-order valence-corrected chi connectivity index (χ3v) is 5.37. The predicted molar refractivity (Wildman–Crippen MR) is 113 cm³/mol. The van der Waals surface area contributed by atoms with Crippen LogP contribution in [0, 0.1) is 23.0 Å². The Balaban J connectivity index is 2.29. The average Bonchev–Trinajstić information content (AvgIpc) is 2.89. The highest BCUT2D eigenvalue weighted by Gasteiger charge is 2.36. The van der Waals surface area contributed by atoms with Crippen molar-refractivity contribution in [3.05, 3.63) is 33.9 Å². The summed E-state index contributed by atoms with van der Waals surface area (Å²) >= 11 is 1.73. The van der Waals surface area contributed by atoms with Gasteiger partial charge >= 0.3 is 0 Å². The molecule has 0 bridgehead atoms. The second kappa shape index (κ2) is 8.61. The number of hydrogen-bond acceptors (Lipinski definition) is 5. The van der Waals surface area contributed by atoms with Crippen molar-refractivity contribution in [1.29, 1.82) is 0 Å². The summed E-state index contributed by atoms with van der Waals surface area (Å²) in [6, 6.07) is 5.08. The normalized spacial score (nSPS) is 20.5. The first kappa shape index (κ1) is 21.7. The highest BCUT2D eigenvalue weighted by Crippen LogP contribution is 2.33. The van der Waals surface area contributed by atoms with Gasteiger partial charge in [0.05, 0.1) is 28.4 Å². The molecule has 2 unspecified atom stereocenters. The molecule has 0 spiro atoms. The van der Waals surface area contributed by atoms with Crippen molar-refractivity contribution in [3.63, 3.8) is 0 Å². The van der Waals surface area contributed by atoms with Crippen LogP contribution in [0.1, 0.15) is 47.1 Å². The Kier molecular flexibility index (Phi) is 6.92. The second-order valence-electron chi connectivity index (χ2n) is 8.48. The Morgan fingerprint density at radius 2 is 2.04 bits per heavy atom. The third kappa shape index (κ3) is 5.94. The predicted octanol–water partition coefficient (Wildman–Crippen LogP) is 5.17. The van der Waals surface area contributed by atoms with E-state index in [-0.39, 0.29) is 28.4 Å². The van der Waals surface area contributed by atoms with Gasteiger partial charge in [-0.2, -0.15) is 0 Å². The van der Waals surface area contributed by atoms with Gasteiger partial charge in [-0.25, -0.2) is 4.99 Å². The first-order valence-corrected chi connectivity index (χ1v) is 10.4. The molecule has 150 valence electrons. The van der Waals surface area contributed by atoms with Crippen molar-refractivity contribution in [2.75, 3.05) is 12.3 Å². The summed E-state index contributed by atoms with van der Waals surface area (Å²) in [5.74, 6) is 1.42. The minimum Gasteiger partial charge on any atom is -0.371 e. The van der Waals surface area contributed by atoms with Crippen molar-refractivity contribution in [2.24, 2.45) is 10.9 Å². The van der Waals surface area contributed by atoms with Gasteiger partial charge in [-0.05, 0) is 52.2 Å². The minimum absolute atomic E-state index is 0.0851. The summed E-state index contributed by atoms with van der Waals surface area (Å²) in [6.07, 6.45) is 0.0851. The van der Waals surface area contributed by atoms with E-state index in [2.05, 4.69) is 46.4 Å². The van der Waals surface area contributed by atoms with Gasteiger partial charge in [0.15, 0.2) is 5.17 Å². The van der Waals surface area contributed by atoms with E-state index in [1.165, 1.54) is 6.07 Å². The SMILES string of the molecule is Cc1cc([N+](=O)[O-])ccc1/N=C1\SCC(C(C)OC(C)(C)C)N1CC(C)C. The zero-order valence-corrected chi connectivity index (χ0v) is 18.2. The molecule has 1 saturated heterocycles. The van der Waals surface area contributed by atoms with E-state index >= 15 is 0 Å². The van der Waals surface area contributed by atoms with E-state index in [0.717, 1.165) is 28.7 Å². The molecule has 27 heavy (non-hydrogen) atoms. The maximum Gasteiger partial charge on any atom is 0.269 e. The number of hydrogen-bond donors (Lipinski definition) is 0. The van der Waals surface area contributed by atoms with Crippen molar-refractivity contribution in [3.8, 4) is 0 Å². The van der Waals surface area contributed by atoms with Crippen LogP contribution in [-0.2, 0) is 4.74 Å². The molecular formula is C20H31N3O3S. The summed E-state index contributed by atoms with van der Waals surface area (Å²) in [5, 5.41) is 11.9. The van der Waals surface area contributed by atoms with Gasteiger partial charge in [0.2, 0.25) is 0 Å². The fourth-order valence-corrected chi connectivity index (χ4v) is 4.49. The fourth-order valence-electron chi connectivity index (χ4n) is 3.18. The van der Waals surface area contributed by atoms with Crippen LogP contribution in [0.5, 0.6) is 0 Å². The lowest BCUT2D eigenvalue weighted by atomic mass is 10.1. The number of nitro benzene ring substituents is 1. The van der Waals surface area contributed by atoms with E-state index in [9.17, 15) is 10.1 Å². The van der Waals surface area contributed by atoms with Crippen LogP contribution in [0.25, 0.3) is 0 Å². The molecular weight excluding hydrogens is 362 g/mol. The van der Waals surface area contributed by atoms with Crippen molar-refractivity contribution in [1.82, 2.24) is 4.90 Å². The maximum atomic E-state index is 11.0. The monoisotopic (exact) mass is 393 g/mol. The number of ether oxygens (including phenoxy) is 1. The molecule has 0 aromatic heterocycles. The standard InChI is InChI=1S/C20H31N3O3S/c1-13(2)11-22-18(15(4)26-20(5,6)7)12-27-19(22)21-17-9-8-16(23(24)25)10-14(17)3/h8-10,13,15,18H,11-12H2,1-7H3/b21-19-. The van der Waals surface area contributed by atoms with Crippen molar-refractivity contribution in [2.45, 2.75) is 66.2 Å². The Labute approximate surface area is 166 Å². The van der Waals surface area contributed by atoms with Crippen molar-refractivity contribution >= 4 is 28.3 Å². The zero-order valence-electron chi connectivity index (χ0n) is 17.4. The number of aryl methyl sites for hydroxylation is 1. The molecule has 2 atom stereocenters. The molecule has 0 saturated carbocycles. The number of thioether (sulfide) groups is 1. The van der Waals surface area contributed by atoms with Crippen molar-refractivity contribution < 1.29 is 9.66 Å². The van der Waals surface area contributed by atoms with Crippen LogP contribution in [0.2, 0.25) is 0 Å². The van der Waals surface area contributed by atoms with E-state index in [4.69, 9.17) is 9.73 Å². The highest BCUT2D eigenvalue weighted by molar-refractivity contribution is 8.14. The summed E-state index contributed by atoms with van der Waals surface area (Å²) in [4.78, 5) is 17.8. The topological polar surface area (TPSA) is 68.0 Å². The van der Waals surface area contributed by atoms with Gasteiger partial charge in [0.1, 0.15) is 0 Å². The van der Waals surface area contributed by atoms with Gasteiger partial charge in [0, 0.05) is 24.4 Å². The molecule has 1 heterocycles. The molecule has 0 aliphatic carbocycles. The van der Waals surface area contributed by atoms with Gasteiger partial charge in [-0.1, -0.05) is 25.6 Å². The quantitative estimate of drug-likeness (QED) is 0.493. The molecule has 1 aromatic carbocycles. The minimum atomic E-state index is -0.374. The fraction of sp³-hybridized carbons (Fsp3) is 0.650. The number of non-ortho nitro benzene ring substituents is 1. The molecule has 7 heteroatoms. The Morgan fingerprint density at radius 1 is 1.37 bits per heavy atom. The van der Waals surface area contributed by atoms with Gasteiger partial charge in [-0.3, -0.25) is 10.1 Å². The Morgan fingerprint density at radius 3 is 2.56 bits per heavy atom. The number of nitro groups is 1. The summed E-state index contributed by atoms with van der Waals surface area (Å²) in [6.45, 7) is 15.5. The Bertz CT molecular complexity index is 713. The maximum absolute atomic E-state index is 11.0. The summed E-state index contributed by atoms with van der Waals surface area (Å²) in [5.41, 5.74) is 1.49. The molecule has 0 amide bonds. The van der Waals surface area contributed by atoms with Gasteiger partial charge in [-0.15, -0.1) is 0 Å². The van der Waals surface area contributed by atoms with Crippen LogP contribution >= 0.6 is 11.8 Å². The summed E-state index contributed by atoms with van der Waals surface area (Å²) in [7, 11) is 0. The Hall–Kier alpha value is -1.60. The molecule has 1 aliphatic heterocycles. The first-order chi connectivity index (χ1) is 12.5. The average molecular weight is 394 g/mol. The van der Waals surface area contributed by atoms with Crippen LogP contribution in [0.3, 0.4) is 0 Å². The number of aliphatic imine (C=N–C) groups is 1. The van der Waals surface area contributed by atoms with E-state index < -0.39 is 0 Å². The molecule has 6 nitrogen and oxygen atoms in total. The number of amidine groups is 1. The van der Waals surface area contributed by atoms with Crippen LogP contribution in [-0.4, -0.2) is 45.0 Å². The van der Waals surface area contributed by atoms with Crippen LogP contribution in [0.15, 0.2) is 23.2 Å². The van der Waals surface area contributed by atoms with Gasteiger partial charge < -0.3 is 9.64 Å². The van der Waals surface area contributed by atoms with Crippen LogP contribution < -0.4 is 0 Å². The molecule has 0 N–H and O–H groups in total. The number of rotatable bonds is 6.